The Kier molecular flexibility index (Phi) is 4.33. The van der Waals surface area contributed by atoms with Gasteiger partial charge in [-0.05, 0) is 6.07 Å². The van der Waals surface area contributed by atoms with Gasteiger partial charge in [0, 0.05) is 30.8 Å². The molecule has 0 radical (unpaired) electrons. The normalized spacial score (nSPS) is 14.6. The van der Waals surface area contributed by atoms with Crippen molar-refractivity contribution in [3.63, 3.8) is 0 Å². The van der Waals surface area contributed by atoms with Gasteiger partial charge >= 0.3 is 0 Å². The fraction of sp³-hybridized carbons (Fsp3) is 0.250. The molecule has 1 aliphatic rings. The molecule has 1 fully saturated rings. The Bertz CT molecular complexity index is 970. The lowest BCUT2D eigenvalue weighted by Gasteiger charge is -2.30. The Morgan fingerprint density at radius 2 is 2.12 bits per heavy atom. The number of nitrogens with two attached hydrogens (primary N) is 1. The van der Waals surface area contributed by atoms with Gasteiger partial charge in [0.25, 0.3) is 5.91 Å². The van der Waals surface area contributed by atoms with Crippen molar-refractivity contribution in [2.24, 2.45) is 0 Å². The smallest absolute Gasteiger partial charge is 0.263 e. The van der Waals surface area contributed by atoms with Gasteiger partial charge in [-0.1, -0.05) is 0 Å². The van der Waals surface area contributed by atoms with E-state index in [2.05, 4.69) is 25.3 Å². The average Bonchev–Trinajstić information content (AvgIpc) is 2.97. The van der Waals surface area contributed by atoms with Gasteiger partial charge in [-0.25, -0.2) is 13.9 Å². The van der Waals surface area contributed by atoms with Gasteiger partial charge in [-0.15, -0.1) is 5.10 Å². The molecular formula is C16H16FN7OS. The number of aromatic nitrogens is 4. The van der Waals surface area contributed by atoms with Gasteiger partial charge < -0.3 is 16.0 Å². The summed E-state index contributed by atoms with van der Waals surface area (Å²) < 4.78 is 14.5. The molecule has 0 aromatic carbocycles. The van der Waals surface area contributed by atoms with Crippen LogP contribution < -0.4 is 16.0 Å². The number of amides is 1. The number of rotatable bonds is 3. The second-order valence-corrected chi connectivity index (χ2v) is 6.97. The van der Waals surface area contributed by atoms with Gasteiger partial charge in [0.1, 0.15) is 5.56 Å². The molecule has 0 aliphatic carbocycles. The quantitative estimate of drug-likeness (QED) is 0.720. The van der Waals surface area contributed by atoms with Crippen molar-refractivity contribution in [2.45, 2.75) is 0 Å². The zero-order valence-corrected chi connectivity index (χ0v) is 14.5. The third kappa shape index (κ3) is 3.03. The van der Waals surface area contributed by atoms with E-state index in [0.29, 0.717) is 5.69 Å². The number of fused-ring (bicyclic) bond motifs is 1. The zero-order chi connectivity index (χ0) is 18.1. The van der Waals surface area contributed by atoms with Gasteiger partial charge in [0.15, 0.2) is 17.3 Å². The molecule has 0 spiro atoms. The maximum Gasteiger partial charge on any atom is 0.263 e. The molecule has 3 aromatic rings. The van der Waals surface area contributed by atoms with Crippen LogP contribution in [0.1, 0.15) is 10.4 Å². The summed E-state index contributed by atoms with van der Waals surface area (Å²) in [4.78, 5) is 23.0. The van der Waals surface area contributed by atoms with Crippen LogP contribution in [0, 0.1) is 5.82 Å². The number of anilines is 3. The van der Waals surface area contributed by atoms with E-state index in [1.54, 1.807) is 12.4 Å². The van der Waals surface area contributed by atoms with Crippen molar-refractivity contribution in [3.05, 3.63) is 42.2 Å². The predicted molar refractivity (Wildman–Crippen MR) is 99.1 cm³/mol. The first-order chi connectivity index (χ1) is 12.6. The van der Waals surface area contributed by atoms with E-state index in [4.69, 9.17) is 5.73 Å². The van der Waals surface area contributed by atoms with E-state index < -0.39 is 11.7 Å². The van der Waals surface area contributed by atoms with Crippen molar-refractivity contribution in [2.75, 3.05) is 40.5 Å². The highest BCUT2D eigenvalue weighted by atomic mass is 32.2. The van der Waals surface area contributed by atoms with Gasteiger partial charge in [-0.2, -0.15) is 11.8 Å². The highest BCUT2D eigenvalue weighted by Crippen LogP contribution is 2.28. The van der Waals surface area contributed by atoms with E-state index in [1.807, 2.05) is 17.8 Å². The number of hydrogen-bond donors (Lipinski definition) is 2. The van der Waals surface area contributed by atoms with Crippen LogP contribution in [0.3, 0.4) is 0 Å². The third-order valence-corrected chi connectivity index (χ3v) is 5.04. The molecule has 1 saturated heterocycles. The lowest BCUT2D eigenvalue weighted by atomic mass is 10.2. The predicted octanol–water partition coefficient (Wildman–Crippen LogP) is 1.65. The standard InChI is InChI=1S/C16H16FN7OS/c17-10-7-20-15-13(14(18)22-24(15)9-10)16(25)21-11-8-19-2-1-12(11)23-3-5-26-6-4-23/h1-2,7-9H,3-6H2,(H2,18,22)(H,21,25). The van der Waals surface area contributed by atoms with Crippen LogP contribution in [0.5, 0.6) is 0 Å². The highest BCUT2D eigenvalue weighted by molar-refractivity contribution is 7.99. The Balaban J connectivity index is 1.66. The molecule has 10 heteroatoms. The van der Waals surface area contributed by atoms with E-state index in [1.165, 1.54) is 0 Å². The largest absolute Gasteiger partial charge is 0.381 e. The molecule has 3 aromatic heterocycles. The molecule has 4 rings (SSSR count). The van der Waals surface area contributed by atoms with Gasteiger partial charge in [-0.3, -0.25) is 9.78 Å². The minimum absolute atomic E-state index is 0.0135. The van der Waals surface area contributed by atoms with Crippen molar-refractivity contribution in [3.8, 4) is 0 Å². The molecule has 1 aliphatic heterocycles. The summed E-state index contributed by atoms with van der Waals surface area (Å²) in [6.07, 6.45) is 5.44. The number of halogens is 1. The molecule has 0 saturated carbocycles. The van der Waals surface area contributed by atoms with Gasteiger partial charge in [0.2, 0.25) is 0 Å². The highest BCUT2D eigenvalue weighted by Gasteiger charge is 2.22. The van der Waals surface area contributed by atoms with E-state index in [0.717, 1.165) is 47.2 Å². The second kappa shape index (κ2) is 6.79. The molecule has 3 N–H and O–H groups in total. The van der Waals surface area contributed by atoms with E-state index in [9.17, 15) is 9.18 Å². The third-order valence-electron chi connectivity index (χ3n) is 4.09. The number of carbonyl (C=O) groups is 1. The Morgan fingerprint density at radius 1 is 1.31 bits per heavy atom. The maximum atomic E-state index is 13.3. The van der Waals surface area contributed by atoms with E-state index in [-0.39, 0.29) is 17.0 Å². The van der Waals surface area contributed by atoms with Crippen molar-refractivity contribution in [1.82, 2.24) is 19.6 Å². The molecule has 0 bridgehead atoms. The number of carbonyl (C=O) groups excluding carboxylic acids is 1. The second-order valence-electron chi connectivity index (χ2n) is 5.75. The van der Waals surface area contributed by atoms with Crippen LogP contribution in [0.2, 0.25) is 0 Å². The lowest BCUT2D eigenvalue weighted by molar-refractivity contribution is 0.102. The summed E-state index contributed by atoms with van der Waals surface area (Å²) in [5, 5.41) is 6.79. The molecular weight excluding hydrogens is 357 g/mol. The molecule has 0 atom stereocenters. The number of nitrogens with zero attached hydrogens (tertiary/aromatic N) is 5. The van der Waals surface area contributed by atoms with Crippen molar-refractivity contribution in [1.29, 1.82) is 0 Å². The Hall–Kier alpha value is -2.88. The summed E-state index contributed by atoms with van der Waals surface area (Å²) in [6, 6.07) is 1.87. The number of nitrogens with one attached hydrogen (secondary N) is 1. The van der Waals surface area contributed by atoms with Crippen molar-refractivity contribution >= 4 is 40.5 Å². The number of pyridine rings is 1. The molecule has 8 nitrogen and oxygen atoms in total. The number of nitrogen functional groups attached to an aromatic ring is 1. The van der Waals surface area contributed by atoms with Crippen LogP contribution in [0.25, 0.3) is 5.65 Å². The molecule has 1 amide bonds. The van der Waals surface area contributed by atoms with Crippen LogP contribution in [-0.4, -0.2) is 50.1 Å². The topological polar surface area (TPSA) is 101 Å². The summed E-state index contributed by atoms with van der Waals surface area (Å²) >= 11 is 1.90. The minimum atomic E-state index is -0.565. The maximum absolute atomic E-state index is 13.3. The molecule has 4 heterocycles. The van der Waals surface area contributed by atoms with E-state index >= 15 is 0 Å². The summed E-state index contributed by atoms with van der Waals surface area (Å²) in [5.41, 5.74) is 7.65. The van der Waals surface area contributed by atoms with Gasteiger partial charge in [0.05, 0.1) is 30.0 Å². The van der Waals surface area contributed by atoms with Crippen molar-refractivity contribution < 1.29 is 9.18 Å². The van der Waals surface area contributed by atoms with Crippen LogP contribution in [0.15, 0.2) is 30.9 Å². The SMILES string of the molecule is Nc1nn2cc(F)cnc2c1C(=O)Nc1cnccc1N1CCSCC1. The molecule has 0 unspecified atom stereocenters. The first-order valence-electron chi connectivity index (χ1n) is 8.01. The molecule has 134 valence electrons. The first kappa shape index (κ1) is 16.6. The average molecular weight is 373 g/mol. The molecule has 26 heavy (non-hydrogen) atoms. The fourth-order valence-electron chi connectivity index (χ4n) is 2.90. The first-order valence-corrected chi connectivity index (χ1v) is 9.16. The Labute approximate surface area is 152 Å². The number of hydrogen-bond acceptors (Lipinski definition) is 7. The van der Waals surface area contributed by atoms with Crippen LogP contribution in [-0.2, 0) is 0 Å². The zero-order valence-electron chi connectivity index (χ0n) is 13.7. The van der Waals surface area contributed by atoms with Crippen LogP contribution >= 0.6 is 11.8 Å². The van der Waals surface area contributed by atoms with Crippen LogP contribution in [0.4, 0.5) is 21.6 Å². The summed E-state index contributed by atoms with van der Waals surface area (Å²) in [5.74, 6) is 1.03. The lowest BCUT2D eigenvalue weighted by Crippen LogP contribution is -2.33. The summed E-state index contributed by atoms with van der Waals surface area (Å²) in [6.45, 7) is 1.80. The Morgan fingerprint density at radius 3 is 2.92 bits per heavy atom. The number of thioether (sulfide) groups is 1. The monoisotopic (exact) mass is 373 g/mol. The summed E-state index contributed by atoms with van der Waals surface area (Å²) in [7, 11) is 0. The minimum Gasteiger partial charge on any atom is -0.381 e. The fourth-order valence-corrected chi connectivity index (χ4v) is 3.80.